The maximum atomic E-state index is 12.3. The molecule has 9 heteroatoms. The van der Waals surface area contributed by atoms with Crippen molar-refractivity contribution >= 4 is 5.97 Å². The number of nitrogens with zero attached hydrogens (tertiary/aromatic N) is 1. The van der Waals surface area contributed by atoms with Crippen LogP contribution in [0.15, 0.2) is 0 Å². The molecule has 0 aromatic rings. The van der Waals surface area contributed by atoms with Crippen molar-refractivity contribution in [3.05, 3.63) is 10.1 Å². The summed E-state index contributed by atoms with van der Waals surface area (Å²) < 4.78 is 16.0. The fourth-order valence-corrected chi connectivity index (χ4v) is 3.37. The lowest BCUT2D eigenvalue weighted by Gasteiger charge is -2.31. The van der Waals surface area contributed by atoms with E-state index in [1.807, 2.05) is 0 Å². The largest absolute Gasteiger partial charge is 0.427 e. The standard InChI is InChI=1S/C13H19NO8/c15-9-6-19-11-10(9)20-7-13(11,22-14(17)18)21-12(16)8-4-2-1-3-5-8/h8-11,15H,1-7H2/t9-,10-,11+,13-/m1/s1. The van der Waals surface area contributed by atoms with Crippen molar-refractivity contribution in [3.63, 3.8) is 0 Å². The van der Waals surface area contributed by atoms with E-state index in [1.54, 1.807) is 0 Å². The molecule has 2 saturated heterocycles. The van der Waals surface area contributed by atoms with Gasteiger partial charge < -0.3 is 19.3 Å². The highest BCUT2D eigenvalue weighted by Gasteiger charge is 2.62. The molecule has 124 valence electrons. The van der Waals surface area contributed by atoms with Crippen LogP contribution in [0.2, 0.25) is 0 Å². The number of aliphatic hydroxyl groups is 1. The molecule has 0 unspecified atom stereocenters. The Morgan fingerprint density at radius 1 is 1.27 bits per heavy atom. The maximum Gasteiger partial charge on any atom is 0.311 e. The monoisotopic (exact) mass is 317 g/mol. The maximum absolute atomic E-state index is 12.3. The van der Waals surface area contributed by atoms with Crippen LogP contribution in [0.5, 0.6) is 0 Å². The van der Waals surface area contributed by atoms with Crippen molar-refractivity contribution in [2.45, 2.75) is 56.2 Å². The highest BCUT2D eigenvalue weighted by atomic mass is 17.0. The summed E-state index contributed by atoms with van der Waals surface area (Å²) in [5.41, 5.74) is 0. The van der Waals surface area contributed by atoms with Gasteiger partial charge in [0.2, 0.25) is 0 Å². The highest BCUT2D eigenvalue weighted by Crippen LogP contribution is 2.39. The first-order valence-corrected chi connectivity index (χ1v) is 7.49. The zero-order chi connectivity index (χ0) is 15.7. The van der Waals surface area contributed by atoms with Crippen molar-refractivity contribution < 1.29 is 34.0 Å². The molecule has 1 N–H and O–H groups in total. The summed E-state index contributed by atoms with van der Waals surface area (Å²) in [6.07, 6.45) is 1.62. The molecule has 1 aliphatic carbocycles. The fourth-order valence-electron chi connectivity index (χ4n) is 3.37. The molecule has 1 saturated carbocycles. The normalized spacial score (nSPS) is 38.5. The number of esters is 1. The van der Waals surface area contributed by atoms with Gasteiger partial charge in [-0.05, 0) is 12.8 Å². The van der Waals surface area contributed by atoms with Gasteiger partial charge in [-0.2, -0.15) is 0 Å². The van der Waals surface area contributed by atoms with Crippen molar-refractivity contribution in [2.75, 3.05) is 13.2 Å². The van der Waals surface area contributed by atoms with Crippen molar-refractivity contribution in [1.29, 1.82) is 0 Å². The van der Waals surface area contributed by atoms with Gasteiger partial charge in [-0.15, -0.1) is 10.1 Å². The van der Waals surface area contributed by atoms with Gasteiger partial charge in [-0.25, -0.2) is 0 Å². The third-order valence-corrected chi connectivity index (χ3v) is 4.48. The number of carbonyl (C=O) groups excluding carboxylic acids is 1. The fraction of sp³-hybridized carbons (Fsp3) is 0.923. The number of hydrogen-bond acceptors (Lipinski definition) is 8. The molecule has 0 amide bonds. The number of fused-ring (bicyclic) bond motifs is 1. The second-order valence-corrected chi connectivity index (χ2v) is 5.98. The smallest absolute Gasteiger partial charge is 0.311 e. The lowest BCUT2D eigenvalue weighted by molar-refractivity contribution is -0.796. The molecule has 4 atom stereocenters. The Hall–Kier alpha value is -1.45. The summed E-state index contributed by atoms with van der Waals surface area (Å²) in [6, 6.07) is 0. The number of carbonyl (C=O) groups is 1. The summed E-state index contributed by atoms with van der Waals surface area (Å²) in [5.74, 6) is -2.75. The number of ether oxygens (including phenoxy) is 3. The molecule has 9 nitrogen and oxygen atoms in total. The molecule has 0 radical (unpaired) electrons. The second-order valence-electron chi connectivity index (χ2n) is 5.98. The van der Waals surface area contributed by atoms with Gasteiger partial charge in [-0.3, -0.25) is 9.63 Å². The van der Waals surface area contributed by atoms with Crippen molar-refractivity contribution in [2.24, 2.45) is 5.92 Å². The first-order chi connectivity index (χ1) is 10.5. The molecular weight excluding hydrogens is 298 g/mol. The van der Waals surface area contributed by atoms with E-state index in [0.29, 0.717) is 12.8 Å². The van der Waals surface area contributed by atoms with Crippen LogP contribution < -0.4 is 0 Å². The van der Waals surface area contributed by atoms with Gasteiger partial charge in [0, 0.05) is 0 Å². The average Bonchev–Trinajstić information content (AvgIpc) is 3.02. The highest BCUT2D eigenvalue weighted by molar-refractivity contribution is 5.73. The van der Waals surface area contributed by atoms with Crippen molar-refractivity contribution in [1.82, 2.24) is 0 Å². The van der Waals surface area contributed by atoms with Crippen LogP contribution in [-0.4, -0.2) is 53.5 Å². The Kier molecular flexibility index (Phi) is 4.20. The lowest BCUT2D eigenvalue weighted by atomic mass is 9.89. The van der Waals surface area contributed by atoms with Gasteiger partial charge in [-0.1, -0.05) is 19.3 Å². The van der Waals surface area contributed by atoms with Crippen LogP contribution in [0.4, 0.5) is 0 Å². The van der Waals surface area contributed by atoms with E-state index < -0.39 is 35.2 Å². The Balaban J connectivity index is 1.75. The zero-order valence-electron chi connectivity index (χ0n) is 12.0. The van der Waals surface area contributed by atoms with E-state index >= 15 is 0 Å². The molecule has 3 fully saturated rings. The third-order valence-electron chi connectivity index (χ3n) is 4.48. The van der Waals surface area contributed by atoms with Crippen LogP contribution in [0, 0.1) is 16.0 Å². The number of rotatable bonds is 4. The summed E-state index contributed by atoms with van der Waals surface area (Å²) in [5, 5.41) is 19.5. The Bertz CT molecular complexity index is 451. The molecule has 22 heavy (non-hydrogen) atoms. The summed E-state index contributed by atoms with van der Waals surface area (Å²) in [6.45, 7) is -0.377. The predicted molar refractivity (Wildman–Crippen MR) is 69.0 cm³/mol. The van der Waals surface area contributed by atoms with Crippen LogP contribution >= 0.6 is 0 Å². The molecule has 2 heterocycles. The predicted octanol–water partition coefficient (Wildman–Crippen LogP) is 0.173. The molecule has 3 aliphatic rings. The molecule has 3 rings (SSSR count). The van der Waals surface area contributed by atoms with Crippen molar-refractivity contribution in [3.8, 4) is 0 Å². The first kappa shape index (κ1) is 15.4. The van der Waals surface area contributed by atoms with Crippen LogP contribution in [0.3, 0.4) is 0 Å². The molecule has 0 bridgehead atoms. The topological polar surface area (TPSA) is 117 Å². The van der Waals surface area contributed by atoms with Crippen LogP contribution in [0.25, 0.3) is 0 Å². The number of hydrogen-bond donors (Lipinski definition) is 1. The second kappa shape index (κ2) is 5.98. The quantitative estimate of drug-likeness (QED) is 0.337. The summed E-state index contributed by atoms with van der Waals surface area (Å²) >= 11 is 0. The van der Waals surface area contributed by atoms with Gasteiger partial charge in [0.1, 0.15) is 18.8 Å². The third kappa shape index (κ3) is 2.75. The molecule has 0 aromatic heterocycles. The minimum atomic E-state index is -1.93. The van der Waals surface area contributed by atoms with E-state index in [9.17, 15) is 20.0 Å². The van der Waals surface area contributed by atoms with Crippen LogP contribution in [0.1, 0.15) is 32.1 Å². The minimum Gasteiger partial charge on any atom is -0.427 e. The van der Waals surface area contributed by atoms with Gasteiger partial charge in [0.05, 0.1) is 12.5 Å². The molecule has 0 aromatic carbocycles. The van der Waals surface area contributed by atoms with Gasteiger partial charge in [0.25, 0.3) is 5.09 Å². The van der Waals surface area contributed by atoms with E-state index in [1.165, 1.54) is 0 Å². The van der Waals surface area contributed by atoms with E-state index in [0.717, 1.165) is 19.3 Å². The van der Waals surface area contributed by atoms with Crippen LogP contribution in [-0.2, 0) is 23.8 Å². The molecule has 0 spiro atoms. The van der Waals surface area contributed by atoms with Gasteiger partial charge in [0.15, 0.2) is 6.10 Å². The summed E-state index contributed by atoms with van der Waals surface area (Å²) in [4.78, 5) is 27.8. The average molecular weight is 317 g/mol. The molecular formula is C13H19NO8. The lowest BCUT2D eigenvalue weighted by Crippen LogP contribution is -2.52. The Morgan fingerprint density at radius 2 is 2.00 bits per heavy atom. The molecule has 2 aliphatic heterocycles. The minimum absolute atomic E-state index is 0.0425. The summed E-state index contributed by atoms with van der Waals surface area (Å²) in [7, 11) is 0. The van der Waals surface area contributed by atoms with E-state index in [-0.39, 0.29) is 19.1 Å². The Labute approximate surface area is 126 Å². The SMILES string of the molecule is O=C(O[C@@]1(O[N+](=O)[O-])CO[C@@H]2[C@H](O)CO[C@@H]21)C1CCCCC1. The Morgan fingerprint density at radius 3 is 2.68 bits per heavy atom. The number of aliphatic hydroxyl groups excluding tert-OH is 1. The van der Waals surface area contributed by atoms with E-state index in [2.05, 4.69) is 4.84 Å². The first-order valence-electron chi connectivity index (χ1n) is 7.49. The zero-order valence-corrected chi connectivity index (χ0v) is 12.0. The van der Waals surface area contributed by atoms with Gasteiger partial charge >= 0.3 is 11.8 Å². The van der Waals surface area contributed by atoms with E-state index in [4.69, 9.17) is 14.2 Å².